The fraction of sp³-hybridized carbons (Fsp3) is 0.529. The van der Waals surface area contributed by atoms with Crippen LogP contribution in [0.5, 0.6) is 5.75 Å². The molecule has 1 aliphatic rings. The van der Waals surface area contributed by atoms with Crippen LogP contribution in [0, 0.1) is 0 Å². The molecule has 1 fully saturated rings. The molecule has 2 rings (SSSR count). The van der Waals surface area contributed by atoms with E-state index in [4.69, 9.17) is 4.74 Å². The SMILES string of the molecule is COc1ccc(CCN(CCC(=O)NC2CC2)C(C)=O)cc1. The Kier molecular flexibility index (Phi) is 5.81. The Morgan fingerprint density at radius 2 is 1.91 bits per heavy atom. The maximum Gasteiger partial charge on any atom is 0.221 e. The van der Waals surface area contributed by atoms with Crippen LogP contribution in [0.2, 0.25) is 0 Å². The lowest BCUT2D eigenvalue weighted by Crippen LogP contribution is -2.35. The van der Waals surface area contributed by atoms with Crippen LogP contribution in [0.4, 0.5) is 0 Å². The Labute approximate surface area is 131 Å². The largest absolute Gasteiger partial charge is 0.497 e. The van der Waals surface area contributed by atoms with Crippen molar-refractivity contribution >= 4 is 11.8 Å². The van der Waals surface area contributed by atoms with Gasteiger partial charge in [0, 0.05) is 32.5 Å². The van der Waals surface area contributed by atoms with Gasteiger partial charge in [-0.3, -0.25) is 9.59 Å². The summed E-state index contributed by atoms with van der Waals surface area (Å²) in [5.74, 6) is 0.870. The van der Waals surface area contributed by atoms with Gasteiger partial charge in [-0.05, 0) is 37.0 Å². The number of nitrogens with zero attached hydrogens (tertiary/aromatic N) is 1. The van der Waals surface area contributed by atoms with E-state index in [-0.39, 0.29) is 11.8 Å². The number of amides is 2. The number of nitrogens with one attached hydrogen (secondary N) is 1. The predicted molar refractivity (Wildman–Crippen MR) is 84.7 cm³/mol. The molecular formula is C17H24N2O3. The summed E-state index contributed by atoms with van der Waals surface area (Å²) in [4.78, 5) is 25.1. The molecule has 1 saturated carbocycles. The van der Waals surface area contributed by atoms with Crippen LogP contribution in [0.15, 0.2) is 24.3 Å². The second kappa shape index (κ2) is 7.82. The minimum Gasteiger partial charge on any atom is -0.497 e. The second-order valence-electron chi connectivity index (χ2n) is 5.70. The molecule has 1 aliphatic carbocycles. The number of benzene rings is 1. The Morgan fingerprint density at radius 3 is 2.45 bits per heavy atom. The Bertz CT molecular complexity index is 509. The zero-order valence-electron chi connectivity index (χ0n) is 13.3. The molecule has 22 heavy (non-hydrogen) atoms. The van der Waals surface area contributed by atoms with Crippen LogP contribution in [0.25, 0.3) is 0 Å². The number of hydrogen-bond acceptors (Lipinski definition) is 3. The molecular weight excluding hydrogens is 280 g/mol. The van der Waals surface area contributed by atoms with Crippen molar-refractivity contribution in [3.05, 3.63) is 29.8 Å². The second-order valence-corrected chi connectivity index (χ2v) is 5.70. The van der Waals surface area contributed by atoms with Crippen LogP contribution in [-0.4, -0.2) is 43.0 Å². The van der Waals surface area contributed by atoms with Crippen LogP contribution in [0.1, 0.15) is 31.7 Å². The van der Waals surface area contributed by atoms with E-state index in [0.717, 1.165) is 30.6 Å². The molecule has 0 saturated heterocycles. The number of hydrogen-bond donors (Lipinski definition) is 1. The van der Waals surface area contributed by atoms with Gasteiger partial charge in [-0.1, -0.05) is 12.1 Å². The van der Waals surface area contributed by atoms with Crippen molar-refractivity contribution < 1.29 is 14.3 Å². The smallest absolute Gasteiger partial charge is 0.221 e. The Hall–Kier alpha value is -2.04. The molecule has 0 atom stereocenters. The molecule has 0 aliphatic heterocycles. The summed E-state index contributed by atoms with van der Waals surface area (Å²) in [5.41, 5.74) is 1.15. The van der Waals surface area contributed by atoms with Crippen LogP contribution in [0.3, 0.4) is 0 Å². The first-order valence-electron chi connectivity index (χ1n) is 7.76. The molecule has 1 aromatic carbocycles. The van der Waals surface area contributed by atoms with Gasteiger partial charge in [0.05, 0.1) is 7.11 Å². The summed E-state index contributed by atoms with van der Waals surface area (Å²) in [6.45, 7) is 2.65. The molecule has 5 heteroatoms. The normalized spacial score (nSPS) is 13.5. The Morgan fingerprint density at radius 1 is 1.23 bits per heavy atom. The summed E-state index contributed by atoms with van der Waals surface area (Å²) < 4.78 is 5.13. The van der Waals surface area contributed by atoms with E-state index in [1.807, 2.05) is 24.3 Å². The van der Waals surface area contributed by atoms with E-state index >= 15 is 0 Å². The lowest BCUT2D eigenvalue weighted by atomic mass is 10.1. The van der Waals surface area contributed by atoms with Crippen molar-refractivity contribution in [3.8, 4) is 5.75 Å². The highest BCUT2D eigenvalue weighted by Gasteiger charge is 2.23. The van der Waals surface area contributed by atoms with Crippen molar-refractivity contribution in [3.63, 3.8) is 0 Å². The van der Waals surface area contributed by atoms with Gasteiger partial charge in [0.25, 0.3) is 0 Å². The van der Waals surface area contributed by atoms with Gasteiger partial charge in [0.2, 0.25) is 11.8 Å². The fourth-order valence-corrected chi connectivity index (χ4v) is 2.25. The van der Waals surface area contributed by atoms with Crippen LogP contribution >= 0.6 is 0 Å². The molecule has 0 radical (unpaired) electrons. The van der Waals surface area contributed by atoms with Crippen LogP contribution in [-0.2, 0) is 16.0 Å². The summed E-state index contributed by atoms with van der Waals surface area (Å²) in [5, 5.41) is 2.94. The van der Waals surface area contributed by atoms with E-state index in [1.165, 1.54) is 0 Å². The molecule has 0 heterocycles. The molecule has 0 bridgehead atoms. The number of carbonyl (C=O) groups excluding carboxylic acids is 2. The third kappa shape index (κ3) is 5.39. The number of methoxy groups -OCH3 is 1. The zero-order valence-corrected chi connectivity index (χ0v) is 13.3. The first kappa shape index (κ1) is 16.3. The van der Waals surface area contributed by atoms with Crippen molar-refractivity contribution in [2.24, 2.45) is 0 Å². The highest BCUT2D eigenvalue weighted by atomic mass is 16.5. The van der Waals surface area contributed by atoms with Gasteiger partial charge in [0.15, 0.2) is 0 Å². The van der Waals surface area contributed by atoms with Gasteiger partial charge in [0.1, 0.15) is 5.75 Å². The van der Waals surface area contributed by atoms with E-state index < -0.39 is 0 Å². The maximum absolute atomic E-state index is 11.7. The summed E-state index contributed by atoms with van der Waals surface area (Å²) >= 11 is 0. The highest BCUT2D eigenvalue weighted by Crippen LogP contribution is 2.18. The van der Waals surface area contributed by atoms with Gasteiger partial charge in [-0.15, -0.1) is 0 Å². The van der Waals surface area contributed by atoms with Crippen LogP contribution < -0.4 is 10.1 Å². The minimum absolute atomic E-state index is 0.00716. The zero-order chi connectivity index (χ0) is 15.9. The molecule has 5 nitrogen and oxygen atoms in total. The quantitative estimate of drug-likeness (QED) is 0.796. The monoisotopic (exact) mass is 304 g/mol. The molecule has 1 aromatic rings. The van der Waals surface area contributed by atoms with Crippen molar-refractivity contribution in [1.29, 1.82) is 0 Å². The molecule has 0 spiro atoms. The first-order valence-corrected chi connectivity index (χ1v) is 7.76. The summed E-state index contributed by atoms with van der Waals surface area (Å²) in [6, 6.07) is 8.19. The highest BCUT2D eigenvalue weighted by molar-refractivity contribution is 5.78. The summed E-state index contributed by atoms with van der Waals surface area (Å²) in [7, 11) is 1.64. The Balaban J connectivity index is 1.77. The predicted octanol–water partition coefficient (Wildman–Crippen LogP) is 1.75. The molecule has 2 amide bonds. The number of carbonyl (C=O) groups is 2. The van der Waals surface area contributed by atoms with Gasteiger partial charge < -0.3 is 15.0 Å². The minimum atomic E-state index is 0.00716. The number of ether oxygens (including phenoxy) is 1. The van der Waals surface area contributed by atoms with Gasteiger partial charge >= 0.3 is 0 Å². The standard InChI is InChI=1S/C17H24N2O3/c1-13(20)19(12-10-17(21)18-15-5-6-15)11-9-14-3-7-16(22-2)8-4-14/h3-4,7-8,15H,5-6,9-12H2,1-2H3,(H,18,21). The molecule has 0 aromatic heterocycles. The summed E-state index contributed by atoms with van der Waals surface area (Å²) in [6.07, 6.45) is 3.31. The molecule has 1 N–H and O–H groups in total. The third-order valence-electron chi connectivity index (χ3n) is 3.83. The van der Waals surface area contributed by atoms with E-state index in [0.29, 0.717) is 25.6 Å². The average Bonchev–Trinajstić information content (AvgIpc) is 3.31. The third-order valence-corrected chi connectivity index (χ3v) is 3.83. The number of rotatable bonds is 8. The fourth-order valence-electron chi connectivity index (χ4n) is 2.25. The van der Waals surface area contributed by atoms with Crippen molar-refractivity contribution in [2.75, 3.05) is 20.2 Å². The lowest BCUT2D eigenvalue weighted by Gasteiger charge is -2.21. The average molecular weight is 304 g/mol. The maximum atomic E-state index is 11.7. The molecule has 0 unspecified atom stereocenters. The molecule has 120 valence electrons. The first-order chi connectivity index (χ1) is 10.6. The van der Waals surface area contributed by atoms with Crippen molar-refractivity contribution in [2.45, 2.75) is 38.6 Å². The van der Waals surface area contributed by atoms with E-state index in [2.05, 4.69) is 5.32 Å². The van der Waals surface area contributed by atoms with Crippen molar-refractivity contribution in [1.82, 2.24) is 10.2 Å². The topological polar surface area (TPSA) is 58.6 Å². The van der Waals surface area contributed by atoms with Gasteiger partial charge in [-0.25, -0.2) is 0 Å². The van der Waals surface area contributed by atoms with E-state index in [1.54, 1.807) is 18.9 Å². The van der Waals surface area contributed by atoms with E-state index in [9.17, 15) is 9.59 Å². The lowest BCUT2D eigenvalue weighted by molar-refractivity contribution is -0.129. The van der Waals surface area contributed by atoms with Gasteiger partial charge in [-0.2, -0.15) is 0 Å².